The van der Waals surface area contributed by atoms with E-state index < -0.39 is 12.0 Å². The van der Waals surface area contributed by atoms with Gasteiger partial charge in [-0.05, 0) is 18.1 Å². The van der Waals surface area contributed by atoms with Gasteiger partial charge in [0.15, 0.2) is 0 Å². The Morgan fingerprint density at radius 1 is 1.16 bits per heavy atom. The summed E-state index contributed by atoms with van der Waals surface area (Å²) in [5.74, 6) is 0.0439. The molecule has 0 aliphatic rings. The molecule has 0 heterocycles. The third-order valence-corrected chi connectivity index (χ3v) is 4.68. The van der Waals surface area contributed by atoms with E-state index in [-0.39, 0.29) is 24.2 Å². The topological polar surface area (TPSA) is 84.9 Å². The predicted octanol–water partition coefficient (Wildman–Crippen LogP) is 3.41. The molecule has 2 atom stereocenters. The number of carboxylic acid groups (broad SMARTS) is 1. The molecule has 0 aliphatic carbocycles. The highest BCUT2D eigenvalue weighted by Gasteiger charge is 2.27. The minimum atomic E-state index is -0.988. The summed E-state index contributed by atoms with van der Waals surface area (Å²) in [7, 11) is 3.05. The Morgan fingerprint density at radius 3 is 2.28 bits per heavy atom. The molecule has 2 N–H and O–H groups in total. The van der Waals surface area contributed by atoms with Crippen LogP contribution >= 0.6 is 0 Å². The van der Waals surface area contributed by atoms with Crippen LogP contribution in [0.4, 0.5) is 0 Å². The second-order valence-electron chi connectivity index (χ2n) is 6.13. The van der Waals surface area contributed by atoms with Crippen molar-refractivity contribution >= 4 is 11.9 Å². The third kappa shape index (κ3) is 5.66. The first-order valence-corrected chi connectivity index (χ1v) is 8.61. The van der Waals surface area contributed by atoms with E-state index >= 15 is 0 Å². The van der Waals surface area contributed by atoms with E-state index in [1.807, 2.05) is 6.92 Å². The van der Waals surface area contributed by atoms with E-state index in [0.29, 0.717) is 17.1 Å². The van der Waals surface area contributed by atoms with E-state index in [4.69, 9.17) is 9.47 Å². The van der Waals surface area contributed by atoms with Crippen LogP contribution in [0.25, 0.3) is 0 Å². The number of benzene rings is 1. The summed E-state index contributed by atoms with van der Waals surface area (Å²) in [6.07, 6.45) is 1.59. The van der Waals surface area contributed by atoms with Crippen molar-refractivity contribution in [3.05, 3.63) is 23.8 Å². The number of methoxy groups -OCH3 is 2. The average Bonchev–Trinajstić information content (AvgIpc) is 2.60. The van der Waals surface area contributed by atoms with Crippen molar-refractivity contribution < 1.29 is 24.2 Å². The zero-order valence-electron chi connectivity index (χ0n) is 15.7. The molecule has 0 saturated carbocycles. The van der Waals surface area contributed by atoms with Crippen LogP contribution in [0.15, 0.2) is 18.2 Å². The number of aliphatic carboxylic acids is 1. The average molecular weight is 351 g/mol. The highest BCUT2D eigenvalue weighted by Crippen LogP contribution is 2.32. The molecule has 140 valence electrons. The van der Waals surface area contributed by atoms with Crippen molar-refractivity contribution in [2.45, 2.75) is 46.1 Å². The number of rotatable bonds is 10. The van der Waals surface area contributed by atoms with Crippen LogP contribution in [0.3, 0.4) is 0 Å². The molecule has 1 amide bonds. The SMILES string of the molecule is CCC(CC)C(C)C(=O)NC(CC(=O)O)c1ccc(OC)cc1OC. The van der Waals surface area contributed by atoms with Gasteiger partial charge in [0, 0.05) is 17.5 Å². The molecule has 6 heteroatoms. The Hall–Kier alpha value is -2.24. The van der Waals surface area contributed by atoms with E-state index in [9.17, 15) is 14.7 Å². The molecule has 2 unspecified atom stereocenters. The number of ether oxygens (including phenoxy) is 2. The lowest BCUT2D eigenvalue weighted by atomic mass is 9.88. The lowest BCUT2D eigenvalue weighted by Gasteiger charge is -2.25. The van der Waals surface area contributed by atoms with Gasteiger partial charge < -0.3 is 19.9 Å². The molecule has 0 saturated heterocycles. The van der Waals surface area contributed by atoms with Crippen LogP contribution < -0.4 is 14.8 Å². The highest BCUT2D eigenvalue weighted by molar-refractivity contribution is 5.80. The van der Waals surface area contributed by atoms with Crippen LogP contribution in [-0.4, -0.2) is 31.2 Å². The summed E-state index contributed by atoms with van der Waals surface area (Å²) in [5.41, 5.74) is 0.621. The fourth-order valence-electron chi connectivity index (χ4n) is 3.03. The number of carbonyl (C=O) groups is 2. The van der Waals surface area contributed by atoms with Crippen molar-refractivity contribution in [3.8, 4) is 11.5 Å². The Labute approximate surface area is 149 Å². The Bertz CT molecular complexity index is 583. The lowest BCUT2D eigenvalue weighted by molar-refractivity contribution is -0.138. The Kier molecular flexibility index (Phi) is 8.25. The maximum Gasteiger partial charge on any atom is 0.305 e. The molecule has 0 spiro atoms. The maximum absolute atomic E-state index is 12.6. The number of carboxylic acids is 1. The molecule has 6 nitrogen and oxygen atoms in total. The molecule has 0 radical (unpaired) electrons. The summed E-state index contributed by atoms with van der Waals surface area (Å²) in [5, 5.41) is 12.1. The van der Waals surface area contributed by atoms with Gasteiger partial charge in [-0.25, -0.2) is 0 Å². The zero-order chi connectivity index (χ0) is 19.0. The predicted molar refractivity (Wildman–Crippen MR) is 95.9 cm³/mol. The first-order chi connectivity index (χ1) is 11.9. The molecular formula is C19H29NO5. The van der Waals surface area contributed by atoms with E-state index in [1.54, 1.807) is 25.3 Å². The molecular weight excluding hydrogens is 322 g/mol. The van der Waals surface area contributed by atoms with E-state index in [2.05, 4.69) is 19.2 Å². The van der Waals surface area contributed by atoms with Crippen LogP contribution in [0.1, 0.15) is 51.6 Å². The first-order valence-electron chi connectivity index (χ1n) is 8.61. The largest absolute Gasteiger partial charge is 0.497 e. The molecule has 0 fully saturated rings. The Balaban J connectivity index is 3.09. The van der Waals surface area contributed by atoms with Gasteiger partial charge in [-0.1, -0.05) is 33.6 Å². The minimum Gasteiger partial charge on any atom is -0.497 e. The summed E-state index contributed by atoms with van der Waals surface area (Å²) in [6.45, 7) is 5.99. The van der Waals surface area contributed by atoms with Gasteiger partial charge in [0.2, 0.25) is 5.91 Å². The fourth-order valence-corrected chi connectivity index (χ4v) is 3.03. The lowest BCUT2D eigenvalue weighted by Crippen LogP contribution is -2.37. The van der Waals surface area contributed by atoms with Crippen molar-refractivity contribution in [3.63, 3.8) is 0 Å². The number of amides is 1. The number of hydrogen-bond acceptors (Lipinski definition) is 4. The van der Waals surface area contributed by atoms with Gasteiger partial charge >= 0.3 is 5.97 Å². The van der Waals surface area contributed by atoms with Crippen LogP contribution in [0, 0.1) is 11.8 Å². The normalized spacial score (nSPS) is 13.2. The van der Waals surface area contributed by atoms with Crippen molar-refractivity contribution in [1.82, 2.24) is 5.32 Å². The van der Waals surface area contributed by atoms with Gasteiger partial charge in [-0.3, -0.25) is 9.59 Å². The fraction of sp³-hybridized carbons (Fsp3) is 0.579. The minimum absolute atomic E-state index is 0.141. The number of carbonyl (C=O) groups excluding carboxylic acids is 1. The van der Waals surface area contributed by atoms with Gasteiger partial charge in [0.05, 0.1) is 26.7 Å². The van der Waals surface area contributed by atoms with Crippen LogP contribution in [0.5, 0.6) is 11.5 Å². The monoisotopic (exact) mass is 351 g/mol. The molecule has 1 rings (SSSR count). The van der Waals surface area contributed by atoms with Crippen molar-refractivity contribution in [2.75, 3.05) is 14.2 Å². The van der Waals surface area contributed by atoms with Crippen LogP contribution in [0.2, 0.25) is 0 Å². The summed E-state index contributed by atoms with van der Waals surface area (Å²) >= 11 is 0. The second-order valence-corrected chi connectivity index (χ2v) is 6.13. The summed E-state index contributed by atoms with van der Waals surface area (Å²) < 4.78 is 10.5. The van der Waals surface area contributed by atoms with E-state index in [1.165, 1.54) is 7.11 Å². The highest BCUT2D eigenvalue weighted by atomic mass is 16.5. The molecule has 0 bridgehead atoms. The van der Waals surface area contributed by atoms with Gasteiger partial charge in [-0.15, -0.1) is 0 Å². The molecule has 1 aromatic rings. The second kappa shape index (κ2) is 9.91. The third-order valence-electron chi connectivity index (χ3n) is 4.68. The van der Waals surface area contributed by atoms with Gasteiger partial charge in [-0.2, -0.15) is 0 Å². The van der Waals surface area contributed by atoms with E-state index in [0.717, 1.165) is 12.8 Å². The van der Waals surface area contributed by atoms with Crippen molar-refractivity contribution in [2.24, 2.45) is 11.8 Å². The molecule has 0 aliphatic heterocycles. The quantitative estimate of drug-likeness (QED) is 0.675. The first kappa shape index (κ1) is 20.8. The van der Waals surface area contributed by atoms with Crippen molar-refractivity contribution in [1.29, 1.82) is 0 Å². The van der Waals surface area contributed by atoms with Crippen LogP contribution in [-0.2, 0) is 9.59 Å². The zero-order valence-corrected chi connectivity index (χ0v) is 15.7. The molecule has 0 aromatic heterocycles. The summed E-state index contributed by atoms with van der Waals surface area (Å²) in [6, 6.07) is 4.47. The van der Waals surface area contributed by atoms with Gasteiger partial charge in [0.25, 0.3) is 0 Å². The van der Waals surface area contributed by atoms with Gasteiger partial charge in [0.1, 0.15) is 11.5 Å². The molecule has 1 aromatic carbocycles. The number of nitrogens with one attached hydrogen (secondary N) is 1. The smallest absolute Gasteiger partial charge is 0.305 e. The molecule has 25 heavy (non-hydrogen) atoms. The summed E-state index contributed by atoms with van der Waals surface area (Å²) in [4.78, 5) is 23.9. The Morgan fingerprint density at radius 2 is 1.80 bits per heavy atom. The maximum atomic E-state index is 12.6. The standard InChI is InChI=1S/C19H29NO5/c1-6-13(7-2)12(3)19(23)20-16(11-18(21)22)15-9-8-14(24-4)10-17(15)25-5/h8-10,12-13,16H,6-7,11H2,1-5H3,(H,20,23)(H,21,22). The number of hydrogen-bond donors (Lipinski definition) is 2.